The average molecular weight is 200 g/mol. The van der Waals surface area contributed by atoms with Gasteiger partial charge in [0.2, 0.25) is 0 Å². The summed E-state index contributed by atoms with van der Waals surface area (Å²) in [6.45, 7) is 7.05. The highest BCUT2D eigenvalue weighted by Gasteiger charge is 2.15. The molecule has 0 aliphatic rings. The molecule has 3 nitrogen and oxygen atoms in total. The van der Waals surface area contributed by atoms with Gasteiger partial charge in [-0.3, -0.25) is 0 Å². The van der Waals surface area contributed by atoms with Gasteiger partial charge >= 0.3 is 0 Å². The van der Waals surface area contributed by atoms with Crippen molar-refractivity contribution in [2.75, 3.05) is 13.7 Å². The maximum absolute atomic E-state index is 5.22. The Hall–Kier alpha value is -0.450. The molecule has 0 radical (unpaired) electrons. The van der Waals surface area contributed by atoms with Gasteiger partial charge in [-0.15, -0.1) is 11.3 Å². The van der Waals surface area contributed by atoms with Gasteiger partial charge in [-0.25, -0.2) is 4.98 Å². The zero-order chi connectivity index (χ0) is 9.84. The average Bonchev–Trinajstić information content (AvgIpc) is 2.54. The summed E-state index contributed by atoms with van der Waals surface area (Å²) in [5.41, 5.74) is 1.09. The van der Waals surface area contributed by atoms with E-state index in [4.69, 9.17) is 4.84 Å². The zero-order valence-electron chi connectivity index (χ0n) is 8.57. The second kappa shape index (κ2) is 4.69. The lowest BCUT2D eigenvalue weighted by atomic mass is 10.2. The smallest absolute Gasteiger partial charge is 0.0898 e. The highest BCUT2D eigenvalue weighted by molar-refractivity contribution is 7.09. The molecule has 0 saturated carbocycles. The third-order valence-electron chi connectivity index (χ3n) is 2.04. The van der Waals surface area contributed by atoms with Gasteiger partial charge in [-0.2, -0.15) is 5.06 Å². The second-order valence-electron chi connectivity index (χ2n) is 2.88. The second-order valence-corrected chi connectivity index (χ2v) is 3.95. The molecule has 1 aromatic heterocycles. The van der Waals surface area contributed by atoms with Crippen molar-refractivity contribution in [1.82, 2.24) is 10.0 Å². The molecule has 0 amide bonds. The first kappa shape index (κ1) is 10.6. The molecule has 4 heteroatoms. The monoisotopic (exact) mass is 200 g/mol. The van der Waals surface area contributed by atoms with Crippen LogP contribution in [0.4, 0.5) is 0 Å². The molecule has 0 fully saturated rings. The Morgan fingerprint density at radius 1 is 1.69 bits per heavy atom. The third-order valence-corrected chi connectivity index (χ3v) is 2.83. The van der Waals surface area contributed by atoms with Crippen molar-refractivity contribution < 1.29 is 4.84 Å². The van der Waals surface area contributed by atoms with E-state index in [1.54, 1.807) is 18.4 Å². The van der Waals surface area contributed by atoms with Crippen LogP contribution in [0.3, 0.4) is 0 Å². The van der Waals surface area contributed by atoms with Crippen molar-refractivity contribution in [2.45, 2.75) is 26.8 Å². The summed E-state index contributed by atoms with van der Waals surface area (Å²) in [4.78, 5) is 9.65. The summed E-state index contributed by atoms with van der Waals surface area (Å²) in [7, 11) is 1.69. The van der Waals surface area contributed by atoms with Crippen LogP contribution in [0.1, 0.15) is 30.6 Å². The van der Waals surface area contributed by atoms with Gasteiger partial charge < -0.3 is 4.84 Å². The lowest BCUT2D eigenvalue weighted by Gasteiger charge is -2.23. The first-order chi connectivity index (χ1) is 6.19. The Bertz CT molecular complexity index is 258. The summed E-state index contributed by atoms with van der Waals surface area (Å²) in [5.74, 6) is 0. The van der Waals surface area contributed by atoms with Crippen molar-refractivity contribution in [2.24, 2.45) is 0 Å². The van der Waals surface area contributed by atoms with E-state index in [1.165, 1.54) is 0 Å². The fraction of sp³-hybridized carbons (Fsp3) is 0.667. The predicted octanol–water partition coefficient (Wildman–Crippen LogP) is 2.40. The first-order valence-corrected chi connectivity index (χ1v) is 5.29. The highest BCUT2D eigenvalue weighted by Crippen LogP contribution is 2.21. The number of hydrogen-bond acceptors (Lipinski definition) is 4. The molecular formula is C9H16N2OS. The molecule has 0 N–H and O–H groups in total. The molecule has 1 heterocycles. The molecule has 13 heavy (non-hydrogen) atoms. The van der Waals surface area contributed by atoms with Crippen LogP contribution in [0.5, 0.6) is 0 Å². The van der Waals surface area contributed by atoms with E-state index in [-0.39, 0.29) is 6.04 Å². The predicted molar refractivity (Wildman–Crippen MR) is 54.7 cm³/mol. The Morgan fingerprint density at radius 3 is 2.77 bits per heavy atom. The van der Waals surface area contributed by atoms with Crippen LogP contribution in [0.2, 0.25) is 0 Å². The Labute approximate surface area is 83.3 Å². The number of hydroxylamine groups is 2. The lowest BCUT2D eigenvalue weighted by Crippen LogP contribution is -2.25. The minimum atomic E-state index is 0.236. The van der Waals surface area contributed by atoms with Crippen molar-refractivity contribution in [3.63, 3.8) is 0 Å². The van der Waals surface area contributed by atoms with Gasteiger partial charge in [-0.05, 0) is 13.8 Å². The van der Waals surface area contributed by atoms with Crippen molar-refractivity contribution in [3.05, 3.63) is 16.1 Å². The number of rotatable bonds is 4. The summed E-state index contributed by atoms with van der Waals surface area (Å²) in [6, 6.07) is 0.236. The Morgan fingerprint density at radius 2 is 2.38 bits per heavy atom. The van der Waals surface area contributed by atoms with Gasteiger partial charge in [-0.1, -0.05) is 6.92 Å². The normalized spacial score (nSPS) is 13.6. The maximum Gasteiger partial charge on any atom is 0.0898 e. The Balaban J connectivity index is 2.71. The summed E-state index contributed by atoms with van der Waals surface area (Å²) >= 11 is 1.68. The molecule has 0 aliphatic carbocycles. The standard InChI is InChI=1S/C9H16N2OS/c1-5-11(12-4)7(2)9-6-13-8(3)10-9/h6-7H,5H2,1-4H3/t7-/m1/s1. The minimum absolute atomic E-state index is 0.236. The van der Waals surface area contributed by atoms with E-state index in [9.17, 15) is 0 Å². The molecule has 0 saturated heterocycles. The van der Waals surface area contributed by atoms with Crippen LogP contribution in [0, 0.1) is 6.92 Å². The van der Waals surface area contributed by atoms with Crippen molar-refractivity contribution >= 4 is 11.3 Å². The number of nitrogens with zero attached hydrogens (tertiary/aromatic N) is 2. The molecule has 0 aromatic carbocycles. The largest absolute Gasteiger partial charge is 0.302 e. The first-order valence-electron chi connectivity index (χ1n) is 4.41. The number of thiazole rings is 1. The van der Waals surface area contributed by atoms with Crippen molar-refractivity contribution in [1.29, 1.82) is 0 Å². The fourth-order valence-electron chi connectivity index (χ4n) is 1.28. The molecule has 1 atom stereocenters. The van der Waals surface area contributed by atoms with E-state index in [0.717, 1.165) is 17.2 Å². The highest BCUT2D eigenvalue weighted by atomic mass is 32.1. The third kappa shape index (κ3) is 2.49. The van der Waals surface area contributed by atoms with E-state index in [0.29, 0.717) is 0 Å². The van der Waals surface area contributed by atoms with Crippen LogP contribution < -0.4 is 0 Å². The van der Waals surface area contributed by atoms with Gasteiger partial charge in [0, 0.05) is 11.9 Å². The van der Waals surface area contributed by atoms with Crippen LogP contribution >= 0.6 is 11.3 Å². The van der Waals surface area contributed by atoms with E-state index in [2.05, 4.69) is 24.2 Å². The topological polar surface area (TPSA) is 25.4 Å². The summed E-state index contributed by atoms with van der Waals surface area (Å²) in [5, 5.41) is 5.10. The molecule has 1 rings (SSSR count). The van der Waals surface area contributed by atoms with E-state index < -0.39 is 0 Å². The fourth-order valence-corrected chi connectivity index (χ4v) is 1.98. The van der Waals surface area contributed by atoms with Gasteiger partial charge in [0.25, 0.3) is 0 Å². The summed E-state index contributed by atoms with van der Waals surface area (Å²) < 4.78 is 0. The number of hydrogen-bond donors (Lipinski definition) is 0. The molecule has 1 aromatic rings. The zero-order valence-corrected chi connectivity index (χ0v) is 9.39. The molecule has 0 spiro atoms. The molecule has 74 valence electrons. The summed E-state index contributed by atoms with van der Waals surface area (Å²) in [6.07, 6.45) is 0. The van der Waals surface area contributed by atoms with Crippen LogP contribution in [-0.4, -0.2) is 23.7 Å². The molecule has 0 aliphatic heterocycles. The van der Waals surface area contributed by atoms with Crippen LogP contribution in [0.25, 0.3) is 0 Å². The van der Waals surface area contributed by atoms with Gasteiger partial charge in [0.1, 0.15) is 0 Å². The minimum Gasteiger partial charge on any atom is -0.302 e. The van der Waals surface area contributed by atoms with Gasteiger partial charge in [0.05, 0.1) is 23.9 Å². The van der Waals surface area contributed by atoms with E-state index in [1.807, 2.05) is 12.0 Å². The van der Waals surface area contributed by atoms with E-state index >= 15 is 0 Å². The lowest BCUT2D eigenvalue weighted by molar-refractivity contribution is -0.156. The molecular weight excluding hydrogens is 184 g/mol. The quantitative estimate of drug-likeness (QED) is 0.698. The van der Waals surface area contributed by atoms with Gasteiger partial charge in [0.15, 0.2) is 0 Å². The molecule has 0 unspecified atom stereocenters. The Kier molecular flexibility index (Phi) is 3.84. The number of aromatic nitrogens is 1. The van der Waals surface area contributed by atoms with Crippen molar-refractivity contribution in [3.8, 4) is 0 Å². The maximum atomic E-state index is 5.22. The SMILES string of the molecule is CCN(OC)[C@H](C)c1csc(C)n1. The molecule has 0 bridgehead atoms. The number of aryl methyl sites for hydroxylation is 1. The van der Waals surface area contributed by atoms with Crippen LogP contribution in [0.15, 0.2) is 5.38 Å². The van der Waals surface area contributed by atoms with Crippen LogP contribution in [-0.2, 0) is 4.84 Å².